The van der Waals surface area contributed by atoms with Crippen molar-refractivity contribution in [2.75, 3.05) is 6.54 Å². The Morgan fingerprint density at radius 3 is 2.70 bits per heavy atom. The Balaban J connectivity index is 1.90. The Labute approximate surface area is 135 Å². The number of rotatable bonds is 2. The molecule has 3 rings (SSSR count). The summed E-state index contributed by atoms with van der Waals surface area (Å²) in [4.78, 5) is 14.7. The van der Waals surface area contributed by atoms with Crippen LogP contribution in [-0.2, 0) is 0 Å². The molecular weight excluding hydrogens is 291 g/mol. The number of nitrogens with zero attached hydrogens (tertiary/aromatic N) is 2. The van der Waals surface area contributed by atoms with E-state index in [-0.39, 0.29) is 17.8 Å². The van der Waals surface area contributed by atoms with Crippen LogP contribution in [-0.4, -0.2) is 17.4 Å². The third-order valence-corrected chi connectivity index (χ3v) is 4.26. The molecule has 1 aliphatic heterocycles. The van der Waals surface area contributed by atoms with Gasteiger partial charge in [0.15, 0.2) is 0 Å². The fourth-order valence-electron chi connectivity index (χ4n) is 3.09. The quantitative estimate of drug-likeness (QED) is 0.839. The van der Waals surface area contributed by atoms with Crippen molar-refractivity contribution in [1.29, 1.82) is 5.26 Å². The number of hydrogen-bond acceptors (Lipinski definition) is 2. The van der Waals surface area contributed by atoms with E-state index in [2.05, 4.69) is 6.07 Å². The summed E-state index contributed by atoms with van der Waals surface area (Å²) in [6, 6.07) is 15.2. The topological polar surface area (TPSA) is 44.1 Å². The predicted molar refractivity (Wildman–Crippen MR) is 85.2 cm³/mol. The summed E-state index contributed by atoms with van der Waals surface area (Å²) >= 11 is 0. The maximum absolute atomic E-state index is 13.1. The van der Waals surface area contributed by atoms with Crippen LogP contribution >= 0.6 is 0 Å². The van der Waals surface area contributed by atoms with Gasteiger partial charge in [-0.15, -0.1) is 0 Å². The molecule has 0 spiro atoms. The zero-order valence-electron chi connectivity index (χ0n) is 12.7. The van der Waals surface area contributed by atoms with Crippen LogP contribution in [0.15, 0.2) is 48.5 Å². The van der Waals surface area contributed by atoms with Gasteiger partial charge < -0.3 is 4.90 Å². The zero-order valence-corrected chi connectivity index (χ0v) is 12.7. The Morgan fingerprint density at radius 1 is 1.17 bits per heavy atom. The summed E-state index contributed by atoms with van der Waals surface area (Å²) in [6.45, 7) is 0.678. The minimum atomic E-state index is -0.274. The molecule has 1 aliphatic rings. The van der Waals surface area contributed by atoms with Crippen LogP contribution in [0.1, 0.15) is 46.8 Å². The van der Waals surface area contributed by atoms with E-state index in [0.29, 0.717) is 17.7 Å². The number of piperidine rings is 1. The molecule has 1 fully saturated rings. The largest absolute Gasteiger partial charge is 0.332 e. The van der Waals surface area contributed by atoms with Gasteiger partial charge in [0.1, 0.15) is 5.82 Å². The van der Waals surface area contributed by atoms with E-state index in [1.54, 1.807) is 36.4 Å². The molecule has 1 atom stereocenters. The Kier molecular flexibility index (Phi) is 4.38. The molecule has 1 heterocycles. The van der Waals surface area contributed by atoms with Crippen molar-refractivity contribution in [2.45, 2.75) is 25.3 Å². The van der Waals surface area contributed by atoms with Gasteiger partial charge in [-0.3, -0.25) is 4.79 Å². The molecule has 0 aliphatic carbocycles. The molecular formula is C19H17FN2O. The first kappa shape index (κ1) is 15.2. The van der Waals surface area contributed by atoms with Crippen molar-refractivity contribution in [1.82, 2.24) is 4.90 Å². The highest BCUT2D eigenvalue weighted by molar-refractivity contribution is 5.95. The van der Waals surface area contributed by atoms with Gasteiger partial charge >= 0.3 is 0 Å². The first-order valence-corrected chi connectivity index (χ1v) is 7.75. The standard InChI is InChI=1S/C19H17FN2O/c20-17-9-7-15(8-10-17)18-6-1-2-11-22(18)19(23)16-5-3-4-14(12-16)13-21/h3-5,7-10,12,18H,1-2,6,11H2/t18-/m1/s1. The smallest absolute Gasteiger partial charge is 0.254 e. The number of amides is 1. The van der Waals surface area contributed by atoms with E-state index < -0.39 is 0 Å². The highest BCUT2D eigenvalue weighted by Crippen LogP contribution is 2.32. The molecule has 2 aromatic carbocycles. The van der Waals surface area contributed by atoms with Gasteiger partial charge in [0.05, 0.1) is 17.7 Å². The lowest BCUT2D eigenvalue weighted by molar-refractivity contribution is 0.0611. The molecule has 116 valence electrons. The molecule has 1 amide bonds. The SMILES string of the molecule is N#Cc1cccc(C(=O)N2CCCC[C@@H]2c2ccc(F)cc2)c1. The van der Waals surface area contributed by atoms with Crippen LogP contribution in [0, 0.1) is 17.1 Å². The molecule has 0 saturated carbocycles. The number of benzene rings is 2. The molecule has 1 saturated heterocycles. The van der Waals surface area contributed by atoms with Crippen molar-refractivity contribution in [3.63, 3.8) is 0 Å². The Hall–Kier alpha value is -2.67. The van der Waals surface area contributed by atoms with Gasteiger partial charge in [0, 0.05) is 12.1 Å². The molecule has 0 bridgehead atoms. The molecule has 3 nitrogen and oxygen atoms in total. The highest BCUT2D eigenvalue weighted by Gasteiger charge is 2.28. The molecule has 23 heavy (non-hydrogen) atoms. The summed E-state index contributed by atoms with van der Waals surface area (Å²) < 4.78 is 13.1. The second kappa shape index (κ2) is 6.62. The Bertz CT molecular complexity index is 749. The summed E-state index contributed by atoms with van der Waals surface area (Å²) in [6.07, 6.45) is 2.88. The minimum absolute atomic E-state index is 0.0393. The third-order valence-electron chi connectivity index (χ3n) is 4.26. The molecule has 0 radical (unpaired) electrons. The number of halogens is 1. The van der Waals surface area contributed by atoms with Crippen LogP contribution in [0.25, 0.3) is 0 Å². The van der Waals surface area contributed by atoms with Gasteiger partial charge in [-0.25, -0.2) is 4.39 Å². The molecule has 4 heteroatoms. The van der Waals surface area contributed by atoms with Crippen LogP contribution < -0.4 is 0 Å². The second-order valence-corrected chi connectivity index (χ2v) is 5.75. The van der Waals surface area contributed by atoms with Gasteiger partial charge in [-0.1, -0.05) is 18.2 Å². The summed E-state index contributed by atoms with van der Waals surface area (Å²) in [5.41, 5.74) is 1.96. The van der Waals surface area contributed by atoms with Crippen molar-refractivity contribution >= 4 is 5.91 Å². The second-order valence-electron chi connectivity index (χ2n) is 5.75. The van der Waals surface area contributed by atoms with Crippen molar-refractivity contribution in [3.05, 3.63) is 71.0 Å². The van der Waals surface area contributed by atoms with E-state index in [9.17, 15) is 9.18 Å². The van der Waals surface area contributed by atoms with Gasteiger partial charge in [-0.05, 0) is 55.2 Å². The number of likely N-dealkylation sites (tertiary alicyclic amines) is 1. The zero-order chi connectivity index (χ0) is 16.2. The monoisotopic (exact) mass is 308 g/mol. The predicted octanol–water partition coefficient (Wildman–Crippen LogP) is 4.06. The van der Waals surface area contributed by atoms with Gasteiger partial charge in [0.25, 0.3) is 5.91 Å². The fraction of sp³-hybridized carbons (Fsp3) is 0.263. The summed E-state index contributed by atoms with van der Waals surface area (Å²) in [5, 5.41) is 9.00. The van der Waals surface area contributed by atoms with E-state index in [0.717, 1.165) is 24.8 Å². The summed E-state index contributed by atoms with van der Waals surface area (Å²) in [5.74, 6) is -0.347. The fourth-order valence-corrected chi connectivity index (χ4v) is 3.09. The van der Waals surface area contributed by atoms with E-state index in [4.69, 9.17) is 5.26 Å². The lowest BCUT2D eigenvalue weighted by Crippen LogP contribution is -2.38. The van der Waals surface area contributed by atoms with Crippen molar-refractivity contribution in [3.8, 4) is 6.07 Å². The van der Waals surface area contributed by atoms with Crippen molar-refractivity contribution < 1.29 is 9.18 Å². The molecule has 0 aromatic heterocycles. The normalized spacial score (nSPS) is 17.6. The first-order valence-electron chi connectivity index (χ1n) is 7.75. The lowest BCUT2D eigenvalue weighted by atomic mass is 9.94. The van der Waals surface area contributed by atoms with Crippen LogP contribution in [0.4, 0.5) is 4.39 Å². The highest BCUT2D eigenvalue weighted by atomic mass is 19.1. The summed E-state index contributed by atoms with van der Waals surface area (Å²) in [7, 11) is 0. The number of nitriles is 1. The van der Waals surface area contributed by atoms with Crippen LogP contribution in [0.3, 0.4) is 0 Å². The van der Waals surface area contributed by atoms with Crippen molar-refractivity contribution in [2.24, 2.45) is 0 Å². The maximum Gasteiger partial charge on any atom is 0.254 e. The third kappa shape index (κ3) is 3.24. The minimum Gasteiger partial charge on any atom is -0.332 e. The van der Waals surface area contributed by atoms with Gasteiger partial charge in [-0.2, -0.15) is 5.26 Å². The number of hydrogen-bond donors (Lipinski definition) is 0. The molecule has 2 aromatic rings. The molecule has 0 unspecified atom stereocenters. The van der Waals surface area contributed by atoms with E-state index >= 15 is 0 Å². The molecule has 0 N–H and O–H groups in total. The maximum atomic E-state index is 13.1. The lowest BCUT2D eigenvalue weighted by Gasteiger charge is -2.36. The van der Waals surface area contributed by atoms with Crippen LogP contribution in [0.5, 0.6) is 0 Å². The Morgan fingerprint density at radius 2 is 1.96 bits per heavy atom. The average molecular weight is 308 g/mol. The van der Waals surface area contributed by atoms with E-state index in [1.165, 1.54) is 12.1 Å². The average Bonchev–Trinajstić information content (AvgIpc) is 2.62. The van der Waals surface area contributed by atoms with Gasteiger partial charge in [0.2, 0.25) is 0 Å². The number of carbonyl (C=O) groups excluding carboxylic acids is 1. The van der Waals surface area contributed by atoms with Crippen LogP contribution in [0.2, 0.25) is 0 Å². The number of carbonyl (C=O) groups is 1. The van der Waals surface area contributed by atoms with E-state index in [1.807, 2.05) is 4.90 Å². The first-order chi connectivity index (χ1) is 11.2.